The van der Waals surface area contributed by atoms with E-state index < -0.39 is 0 Å². The zero-order valence-corrected chi connectivity index (χ0v) is 16.5. The van der Waals surface area contributed by atoms with Crippen molar-refractivity contribution >= 4 is 64.7 Å². The molecule has 0 amide bonds. The Labute approximate surface area is 171 Å². The average molecular weight is 395 g/mol. The van der Waals surface area contributed by atoms with Gasteiger partial charge >= 0.3 is 0 Å². The maximum Gasteiger partial charge on any atom is 0.0440 e. The molecule has 1 heterocycles. The van der Waals surface area contributed by atoms with E-state index in [0.717, 1.165) is 5.02 Å². The van der Waals surface area contributed by atoms with Crippen LogP contribution < -0.4 is 0 Å². The van der Waals surface area contributed by atoms with E-state index in [-0.39, 0.29) is 0 Å². The molecule has 0 nitrogen and oxygen atoms in total. The Morgan fingerprint density at radius 1 is 0.571 bits per heavy atom. The van der Waals surface area contributed by atoms with E-state index >= 15 is 0 Å². The summed E-state index contributed by atoms with van der Waals surface area (Å²) in [6.45, 7) is 0. The van der Waals surface area contributed by atoms with Gasteiger partial charge in [-0.25, -0.2) is 0 Å². The Kier molecular flexibility index (Phi) is 3.49. The molecule has 0 atom stereocenters. The van der Waals surface area contributed by atoms with Crippen molar-refractivity contribution in [2.24, 2.45) is 0 Å². The van der Waals surface area contributed by atoms with Gasteiger partial charge in [0.1, 0.15) is 0 Å². The Balaban J connectivity index is 1.88. The van der Waals surface area contributed by atoms with Gasteiger partial charge in [0.2, 0.25) is 0 Å². The molecule has 0 unspecified atom stereocenters. The van der Waals surface area contributed by atoms with Crippen LogP contribution in [0.25, 0.3) is 52.8 Å². The van der Waals surface area contributed by atoms with Gasteiger partial charge in [-0.15, -0.1) is 11.3 Å². The highest BCUT2D eigenvalue weighted by Crippen LogP contribution is 2.45. The van der Waals surface area contributed by atoms with Crippen LogP contribution in [0.2, 0.25) is 5.02 Å². The quantitative estimate of drug-likeness (QED) is 0.261. The van der Waals surface area contributed by atoms with Crippen molar-refractivity contribution < 1.29 is 0 Å². The molecular formula is C26H15ClS. The zero-order valence-electron chi connectivity index (χ0n) is 14.9. The molecule has 0 aliphatic heterocycles. The fourth-order valence-corrected chi connectivity index (χ4v) is 5.67. The second kappa shape index (κ2) is 6.07. The minimum Gasteiger partial charge on any atom is -0.135 e. The Hall–Kier alpha value is -2.87. The minimum absolute atomic E-state index is 0.782. The summed E-state index contributed by atoms with van der Waals surface area (Å²) in [5, 5.41) is 8.44. The van der Waals surface area contributed by atoms with Crippen molar-refractivity contribution in [2.75, 3.05) is 0 Å². The van der Waals surface area contributed by atoms with Crippen LogP contribution in [0, 0.1) is 0 Å². The normalized spacial score (nSPS) is 11.8. The highest BCUT2D eigenvalue weighted by molar-refractivity contribution is 7.26. The molecule has 132 valence electrons. The van der Waals surface area contributed by atoms with Gasteiger partial charge < -0.3 is 0 Å². The molecule has 1 aromatic heterocycles. The number of hydrogen-bond acceptors (Lipinski definition) is 1. The summed E-state index contributed by atoms with van der Waals surface area (Å²) in [4.78, 5) is 0. The van der Waals surface area contributed by atoms with Gasteiger partial charge in [0.15, 0.2) is 0 Å². The molecule has 0 aliphatic rings. The zero-order chi connectivity index (χ0) is 18.7. The van der Waals surface area contributed by atoms with Gasteiger partial charge in [-0.1, -0.05) is 78.3 Å². The van der Waals surface area contributed by atoms with E-state index in [9.17, 15) is 0 Å². The molecule has 6 rings (SSSR count). The van der Waals surface area contributed by atoms with Gasteiger partial charge in [0.25, 0.3) is 0 Å². The molecule has 6 aromatic rings. The minimum atomic E-state index is 0.782. The molecular weight excluding hydrogens is 380 g/mol. The lowest BCUT2D eigenvalue weighted by molar-refractivity contribution is 1.72. The first-order valence-electron chi connectivity index (χ1n) is 9.31. The van der Waals surface area contributed by atoms with Crippen molar-refractivity contribution in [3.63, 3.8) is 0 Å². The molecule has 28 heavy (non-hydrogen) atoms. The third kappa shape index (κ3) is 2.30. The number of fused-ring (bicyclic) bond motifs is 6. The standard InChI is InChI=1S/C26H15ClS/c27-18-12-13-24-23(15-18)25-22(14-17-7-2-4-10-20(17)26(25)28-24)21-11-5-8-16-6-1-3-9-19(16)21/h1-15H. The molecule has 0 aliphatic carbocycles. The lowest BCUT2D eigenvalue weighted by Crippen LogP contribution is -1.84. The molecule has 0 spiro atoms. The smallest absolute Gasteiger partial charge is 0.0440 e. The molecule has 0 saturated heterocycles. The molecule has 0 radical (unpaired) electrons. The summed E-state index contributed by atoms with van der Waals surface area (Å²) in [7, 11) is 0. The van der Waals surface area contributed by atoms with E-state index in [4.69, 9.17) is 11.6 Å². The van der Waals surface area contributed by atoms with Crippen LogP contribution in [-0.4, -0.2) is 0 Å². The summed E-state index contributed by atoms with van der Waals surface area (Å²) in [6, 6.07) is 32.4. The van der Waals surface area contributed by atoms with Gasteiger partial charge in [-0.2, -0.15) is 0 Å². The Bertz CT molecular complexity index is 1520. The fourth-order valence-electron chi connectivity index (χ4n) is 4.26. The second-order valence-electron chi connectivity index (χ2n) is 7.12. The topological polar surface area (TPSA) is 0 Å². The highest BCUT2D eigenvalue weighted by Gasteiger charge is 2.16. The van der Waals surface area contributed by atoms with Crippen LogP contribution in [-0.2, 0) is 0 Å². The SMILES string of the molecule is Clc1ccc2sc3c4ccccc4cc(-c4cccc5ccccc45)c3c2c1. The van der Waals surface area contributed by atoms with E-state index in [1.165, 1.54) is 52.8 Å². The van der Waals surface area contributed by atoms with Crippen LogP contribution in [0.4, 0.5) is 0 Å². The van der Waals surface area contributed by atoms with Crippen molar-refractivity contribution in [1.29, 1.82) is 0 Å². The summed E-state index contributed by atoms with van der Waals surface area (Å²) in [5.74, 6) is 0. The summed E-state index contributed by atoms with van der Waals surface area (Å²) in [6.07, 6.45) is 0. The van der Waals surface area contributed by atoms with Crippen molar-refractivity contribution in [2.45, 2.75) is 0 Å². The molecule has 0 fully saturated rings. The fraction of sp³-hybridized carbons (Fsp3) is 0. The first-order chi connectivity index (χ1) is 13.8. The predicted molar refractivity (Wildman–Crippen MR) is 125 cm³/mol. The molecule has 0 N–H and O–H groups in total. The van der Waals surface area contributed by atoms with E-state index in [1.807, 2.05) is 17.4 Å². The molecule has 2 heteroatoms. The van der Waals surface area contributed by atoms with Crippen molar-refractivity contribution in [3.05, 3.63) is 96.0 Å². The number of thiophene rings is 1. The first kappa shape index (κ1) is 16.1. The van der Waals surface area contributed by atoms with Crippen LogP contribution in [0.1, 0.15) is 0 Å². The Morgan fingerprint density at radius 3 is 2.21 bits per heavy atom. The summed E-state index contributed by atoms with van der Waals surface area (Å²) < 4.78 is 2.61. The van der Waals surface area contributed by atoms with Crippen LogP contribution >= 0.6 is 22.9 Å². The number of hydrogen-bond donors (Lipinski definition) is 0. The van der Waals surface area contributed by atoms with E-state index in [1.54, 1.807) is 0 Å². The lowest BCUT2D eigenvalue weighted by atomic mass is 9.92. The van der Waals surface area contributed by atoms with Crippen molar-refractivity contribution in [1.82, 2.24) is 0 Å². The Morgan fingerprint density at radius 2 is 1.32 bits per heavy atom. The maximum absolute atomic E-state index is 6.39. The maximum atomic E-state index is 6.39. The van der Waals surface area contributed by atoms with Crippen LogP contribution in [0.3, 0.4) is 0 Å². The predicted octanol–water partition coefficient (Wildman–Crippen LogP) is 8.68. The molecule has 5 aromatic carbocycles. The largest absolute Gasteiger partial charge is 0.135 e. The van der Waals surface area contributed by atoms with Crippen LogP contribution in [0.5, 0.6) is 0 Å². The van der Waals surface area contributed by atoms with Crippen LogP contribution in [0.15, 0.2) is 91.0 Å². The van der Waals surface area contributed by atoms with E-state index in [0.29, 0.717) is 0 Å². The second-order valence-corrected chi connectivity index (χ2v) is 8.61. The third-order valence-corrected chi connectivity index (χ3v) is 6.94. The van der Waals surface area contributed by atoms with Gasteiger partial charge in [-0.05, 0) is 56.9 Å². The monoisotopic (exact) mass is 394 g/mol. The molecule has 0 saturated carbocycles. The number of rotatable bonds is 1. The first-order valence-corrected chi connectivity index (χ1v) is 10.5. The number of halogens is 1. The van der Waals surface area contributed by atoms with Gasteiger partial charge in [0, 0.05) is 25.2 Å². The van der Waals surface area contributed by atoms with Gasteiger partial charge in [0.05, 0.1) is 0 Å². The van der Waals surface area contributed by atoms with Gasteiger partial charge in [-0.3, -0.25) is 0 Å². The lowest BCUT2D eigenvalue weighted by Gasteiger charge is -2.11. The molecule has 0 bridgehead atoms. The summed E-state index contributed by atoms with van der Waals surface area (Å²) >= 11 is 8.25. The number of benzene rings is 5. The average Bonchev–Trinajstić information content (AvgIpc) is 3.12. The third-order valence-electron chi connectivity index (χ3n) is 5.50. The highest BCUT2D eigenvalue weighted by atomic mass is 35.5. The summed E-state index contributed by atoms with van der Waals surface area (Å²) in [5.41, 5.74) is 2.55. The van der Waals surface area contributed by atoms with Crippen molar-refractivity contribution in [3.8, 4) is 11.1 Å². The van der Waals surface area contributed by atoms with E-state index in [2.05, 4.69) is 84.9 Å².